The van der Waals surface area contributed by atoms with Crippen molar-refractivity contribution in [2.24, 2.45) is 0 Å². The van der Waals surface area contributed by atoms with Crippen LogP contribution in [0.5, 0.6) is 5.75 Å². The monoisotopic (exact) mass is 315 g/mol. The van der Waals surface area contributed by atoms with Crippen molar-refractivity contribution >= 4 is 17.6 Å². The number of fused-ring (bicyclic) bond motifs is 1. The summed E-state index contributed by atoms with van der Waals surface area (Å²) in [5.74, 6) is 0.468. The molecular formula is C16H17N3O4. The van der Waals surface area contributed by atoms with E-state index in [1.54, 1.807) is 30.5 Å². The van der Waals surface area contributed by atoms with E-state index in [1.807, 2.05) is 6.92 Å². The zero-order valence-corrected chi connectivity index (χ0v) is 12.9. The molecular weight excluding hydrogens is 298 g/mol. The molecule has 23 heavy (non-hydrogen) atoms. The highest BCUT2D eigenvalue weighted by Gasteiger charge is 2.50. The number of pyridine rings is 1. The van der Waals surface area contributed by atoms with Gasteiger partial charge in [0, 0.05) is 12.7 Å². The molecule has 3 rings (SSSR count). The van der Waals surface area contributed by atoms with Crippen LogP contribution in [0.4, 0.5) is 5.82 Å². The molecule has 2 aromatic heterocycles. The maximum atomic E-state index is 12.7. The highest BCUT2D eigenvalue weighted by atomic mass is 16.5. The molecule has 3 heterocycles. The maximum absolute atomic E-state index is 12.7. The molecule has 1 atom stereocenters. The van der Waals surface area contributed by atoms with Gasteiger partial charge in [-0.15, -0.1) is 0 Å². The van der Waals surface area contributed by atoms with Crippen LogP contribution >= 0.6 is 0 Å². The predicted octanol–water partition coefficient (Wildman–Crippen LogP) is 1.49. The van der Waals surface area contributed by atoms with Crippen molar-refractivity contribution in [2.75, 3.05) is 11.4 Å². The van der Waals surface area contributed by atoms with Crippen molar-refractivity contribution in [1.29, 1.82) is 0 Å². The summed E-state index contributed by atoms with van der Waals surface area (Å²) in [5, 5.41) is 2.68. The van der Waals surface area contributed by atoms with Crippen molar-refractivity contribution in [3.63, 3.8) is 0 Å². The summed E-state index contributed by atoms with van der Waals surface area (Å²) in [5.41, 5.74) is -1.64. The molecule has 1 aliphatic heterocycles. The lowest BCUT2D eigenvalue weighted by Crippen LogP contribution is -2.62. The molecule has 0 saturated carbocycles. The summed E-state index contributed by atoms with van der Waals surface area (Å²) in [7, 11) is 0. The smallest absolute Gasteiger partial charge is 0.282 e. The van der Waals surface area contributed by atoms with Gasteiger partial charge in [0.1, 0.15) is 5.76 Å². The number of ether oxygens (including phenoxy) is 1. The number of amides is 2. The first kappa shape index (κ1) is 15.1. The van der Waals surface area contributed by atoms with Crippen LogP contribution < -0.4 is 15.0 Å². The highest BCUT2D eigenvalue weighted by Crippen LogP contribution is 2.35. The highest BCUT2D eigenvalue weighted by molar-refractivity contribution is 6.16. The van der Waals surface area contributed by atoms with Crippen molar-refractivity contribution in [3.05, 3.63) is 42.5 Å². The Balaban J connectivity index is 1.85. The number of carbonyl (C=O) groups excluding carboxylic acids is 2. The molecule has 0 bridgehead atoms. The van der Waals surface area contributed by atoms with E-state index in [2.05, 4.69) is 10.3 Å². The average Bonchev–Trinajstić information content (AvgIpc) is 3.07. The molecule has 1 unspecified atom stereocenters. The van der Waals surface area contributed by atoms with Crippen molar-refractivity contribution in [2.45, 2.75) is 26.0 Å². The van der Waals surface area contributed by atoms with E-state index >= 15 is 0 Å². The van der Waals surface area contributed by atoms with E-state index in [1.165, 1.54) is 18.1 Å². The Morgan fingerprint density at radius 3 is 2.91 bits per heavy atom. The summed E-state index contributed by atoms with van der Waals surface area (Å²) in [4.78, 5) is 30.9. The molecule has 1 N–H and O–H groups in total. The molecule has 0 radical (unpaired) electrons. The van der Waals surface area contributed by atoms with Gasteiger partial charge in [-0.25, -0.2) is 4.98 Å². The van der Waals surface area contributed by atoms with E-state index in [9.17, 15) is 9.59 Å². The summed E-state index contributed by atoms with van der Waals surface area (Å²) >= 11 is 0. The Bertz CT molecular complexity index is 729. The minimum Gasteiger partial charge on any atom is -0.467 e. The lowest BCUT2D eigenvalue weighted by Gasteiger charge is -2.38. The van der Waals surface area contributed by atoms with Gasteiger partial charge in [0.05, 0.1) is 12.8 Å². The standard InChI is InChI=1S/C16H17N3O4/c1-3-19-13-12(7-4-8-17-13)23-16(2,15(19)21)14(20)18-10-11-6-5-9-22-11/h4-9H,3,10H2,1-2H3,(H,18,20). The summed E-state index contributed by atoms with van der Waals surface area (Å²) in [6.07, 6.45) is 3.10. The van der Waals surface area contributed by atoms with Gasteiger partial charge in [-0.3, -0.25) is 14.5 Å². The van der Waals surface area contributed by atoms with Gasteiger partial charge in [-0.1, -0.05) is 0 Å². The van der Waals surface area contributed by atoms with E-state index in [4.69, 9.17) is 9.15 Å². The summed E-state index contributed by atoms with van der Waals surface area (Å²) < 4.78 is 10.9. The molecule has 0 saturated heterocycles. The quantitative estimate of drug-likeness (QED) is 0.864. The van der Waals surface area contributed by atoms with Crippen LogP contribution in [0.25, 0.3) is 0 Å². The largest absolute Gasteiger partial charge is 0.467 e. The molecule has 0 spiro atoms. The Hall–Kier alpha value is -2.83. The topological polar surface area (TPSA) is 84.7 Å². The first-order valence-electron chi connectivity index (χ1n) is 7.33. The van der Waals surface area contributed by atoms with Crippen LogP contribution in [-0.4, -0.2) is 28.9 Å². The second-order valence-electron chi connectivity index (χ2n) is 5.27. The third-order valence-corrected chi connectivity index (χ3v) is 3.73. The van der Waals surface area contributed by atoms with E-state index in [-0.39, 0.29) is 6.54 Å². The third-order valence-electron chi connectivity index (χ3n) is 3.73. The fourth-order valence-corrected chi connectivity index (χ4v) is 2.47. The molecule has 1 aliphatic rings. The Morgan fingerprint density at radius 1 is 1.39 bits per heavy atom. The molecule has 7 nitrogen and oxygen atoms in total. The molecule has 2 aromatic rings. The second-order valence-corrected chi connectivity index (χ2v) is 5.27. The molecule has 0 aliphatic carbocycles. The van der Waals surface area contributed by atoms with Crippen LogP contribution in [0.15, 0.2) is 41.1 Å². The summed E-state index contributed by atoms with van der Waals surface area (Å²) in [6, 6.07) is 6.86. The van der Waals surface area contributed by atoms with Crippen LogP contribution in [0.1, 0.15) is 19.6 Å². The summed E-state index contributed by atoms with van der Waals surface area (Å²) in [6.45, 7) is 3.87. The molecule has 120 valence electrons. The minimum absolute atomic E-state index is 0.185. The van der Waals surface area contributed by atoms with Crippen LogP contribution in [0.2, 0.25) is 0 Å². The number of aromatic nitrogens is 1. The number of carbonyl (C=O) groups is 2. The van der Waals surface area contributed by atoms with Gasteiger partial charge in [0.25, 0.3) is 17.4 Å². The average molecular weight is 315 g/mol. The van der Waals surface area contributed by atoms with Gasteiger partial charge < -0.3 is 14.5 Å². The van der Waals surface area contributed by atoms with Gasteiger partial charge in [0.15, 0.2) is 11.6 Å². The lowest BCUT2D eigenvalue weighted by atomic mass is 10.0. The number of rotatable bonds is 4. The number of anilines is 1. The van der Waals surface area contributed by atoms with Gasteiger partial charge in [-0.05, 0) is 38.1 Å². The normalized spacial score (nSPS) is 19.9. The van der Waals surface area contributed by atoms with Gasteiger partial charge in [0.2, 0.25) is 0 Å². The third kappa shape index (κ3) is 2.54. The first-order chi connectivity index (χ1) is 11.1. The maximum Gasteiger partial charge on any atom is 0.282 e. The SMILES string of the molecule is CCN1C(=O)C(C)(C(=O)NCc2ccco2)Oc2cccnc21. The van der Waals surface area contributed by atoms with E-state index in [0.29, 0.717) is 23.9 Å². The Kier molecular flexibility index (Phi) is 3.77. The fourth-order valence-electron chi connectivity index (χ4n) is 2.47. The molecule has 7 heteroatoms. The predicted molar refractivity (Wildman–Crippen MR) is 81.9 cm³/mol. The van der Waals surface area contributed by atoms with Crippen LogP contribution in [-0.2, 0) is 16.1 Å². The molecule has 0 aromatic carbocycles. The second kappa shape index (κ2) is 5.75. The van der Waals surface area contributed by atoms with Crippen molar-refractivity contribution < 1.29 is 18.7 Å². The zero-order valence-electron chi connectivity index (χ0n) is 12.9. The lowest BCUT2D eigenvalue weighted by molar-refractivity contribution is -0.148. The number of hydrogen-bond donors (Lipinski definition) is 1. The van der Waals surface area contributed by atoms with Crippen LogP contribution in [0.3, 0.4) is 0 Å². The Labute approximate surface area is 133 Å². The zero-order chi connectivity index (χ0) is 16.4. The van der Waals surface area contributed by atoms with E-state index < -0.39 is 17.4 Å². The minimum atomic E-state index is -1.64. The number of nitrogens with one attached hydrogen (secondary N) is 1. The molecule has 0 fully saturated rings. The van der Waals surface area contributed by atoms with Crippen LogP contribution in [0, 0.1) is 0 Å². The van der Waals surface area contributed by atoms with Crippen molar-refractivity contribution in [3.8, 4) is 5.75 Å². The number of likely N-dealkylation sites (N-methyl/N-ethyl adjacent to an activating group) is 1. The Morgan fingerprint density at radius 2 is 2.22 bits per heavy atom. The van der Waals surface area contributed by atoms with E-state index in [0.717, 1.165) is 0 Å². The van der Waals surface area contributed by atoms with Gasteiger partial charge in [-0.2, -0.15) is 0 Å². The number of furan rings is 1. The number of hydrogen-bond acceptors (Lipinski definition) is 5. The number of nitrogens with zero attached hydrogens (tertiary/aromatic N) is 2. The van der Waals surface area contributed by atoms with Gasteiger partial charge >= 0.3 is 0 Å². The fraction of sp³-hybridized carbons (Fsp3) is 0.312. The first-order valence-corrected chi connectivity index (χ1v) is 7.33. The van der Waals surface area contributed by atoms with Crippen molar-refractivity contribution in [1.82, 2.24) is 10.3 Å². The molecule has 2 amide bonds.